The molecule has 3 N–H and O–H groups in total. The first-order valence-electron chi connectivity index (χ1n) is 8.58. The predicted octanol–water partition coefficient (Wildman–Crippen LogP) is 2.11. The van der Waals surface area contributed by atoms with Crippen LogP contribution in [0.4, 0.5) is 0 Å². The van der Waals surface area contributed by atoms with Crippen LogP contribution in [-0.4, -0.2) is 31.7 Å². The molecule has 0 spiro atoms. The number of benzene rings is 2. The Hall–Kier alpha value is -2.22. The summed E-state index contributed by atoms with van der Waals surface area (Å²) in [6.45, 7) is 5.24. The predicted molar refractivity (Wildman–Crippen MR) is 102 cm³/mol. The van der Waals surface area contributed by atoms with Gasteiger partial charge in [0, 0.05) is 31.7 Å². The van der Waals surface area contributed by atoms with E-state index in [4.69, 9.17) is 5.73 Å². The fraction of sp³-hybridized carbons (Fsp3) is 0.316. The maximum atomic E-state index is 12.5. The smallest absolute Gasteiger partial charge is 0.251 e. The van der Waals surface area contributed by atoms with Crippen LogP contribution >= 0.6 is 0 Å². The minimum absolute atomic E-state index is 0.187. The highest BCUT2D eigenvalue weighted by atomic mass is 32.2. The first-order valence-corrected chi connectivity index (χ1v) is 10.0. The molecule has 140 valence electrons. The van der Waals surface area contributed by atoms with Gasteiger partial charge in [-0.15, -0.1) is 0 Å². The zero-order valence-electron chi connectivity index (χ0n) is 15.1. The highest BCUT2D eigenvalue weighted by Gasteiger charge is 2.21. The maximum Gasteiger partial charge on any atom is 0.251 e. The molecule has 2 aromatic carbocycles. The normalized spacial score (nSPS) is 11.5. The molecule has 0 saturated heterocycles. The highest BCUT2D eigenvalue weighted by Crippen LogP contribution is 2.16. The molecule has 1 amide bonds. The van der Waals surface area contributed by atoms with E-state index >= 15 is 0 Å². The van der Waals surface area contributed by atoms with E-state index in [0.29, 0.717) is 31.7 Å². The van der Waals surface area contributed by atoms with Crippen molar-refractivity contribution in [2.24, 2.45) is 5.73 Å². The molecule has 0 unspecified atom stereocenters. The third kappa shape index (κ3) is 4.69. The molecule has 0 aliphatic heterocycles. The van der Waals surface area contributed by atoms with Gasteiger partial charge >= 0.3 is 0 Å². The molecule has 2 aromatic rings. The number of carbonyl (C=O) groups is 1. The van der Waals surface area contributed by atoms with Crippen LogP contribution < -0.4 is 11.1 Å². The minimum Gasteiger partial charge on any atom is -0.348 e. The summed E-state index contributed by atoms with van der Waals surface area (Å²) in [7, 11) is -3.46. The molecule has 0 fully saturated rings. The van der Waals surface area contributed by atoms with Gasteiger partial charge in [-0.2, -0.15) is 4.31 Å². The Morgan fingerprint density at radius 1 is 0.962 bits per heavy atom. The summed E-state index contributed by atoms with van der Waals surface area (Å²) in [4.78, 5) is 12.4. The summed E-state index contributed by atoms with van der Waals surface area (Å²) in [6, 6.07) is 13.7. The van der Waals surface area contributed by atoms with Crippen LogP contribution in [0.25, 0.3) is 0 Å². The van der Waals surface area contributed by atoms with Gasteiger partial charge in [0.15, 0.2) is 0 Å². The van der Waals surface area contributed by atoms with Gasteiger partial charge in [0.1, 0.15) is 0 Å². The summed E-state index contributed by atoms with van der Waals surface area (Å²) in [5.41, 5.74) is 7.90. The Labute approximate surface area is 155 Å². The minimum atomic E-state index is -3.46. The number of hydrogen-bond donors (Lipinski definition) is 2. The molecule has 0 saturated carbocycles. The lowest BCUT2D eigenvalue weighted by Gasteiger charge is -2.18. The van der Waals surface area contributed by atoms with Crippen LogP contribution in [0.1, 0.15) is 35.3 Å². The largest absolute Gasteiger partial charge is 0.348 e. The number of carbonyl (C=O) groups excluding carboxylic acids is 1. The molecule has 0 bridgehead atoms. The SMILES string of the molecule is CCN(CC)S(=O)(=O)c1ccc(CNC(=O)c2ccc(CN)cc2)cc1. The van der Waals surface area contributed by atoms with E-state index in [0.717, 1.165) is 11.1 Å². The van der Waals surface area contributed by atoms with Crippen molar-refractivity contribution in [1.82, 2.24) is 9.62 Å². The number of sulfonamides is 1. The molecule has 0 radical (unpaired) electrons. The second-order valence-electron chi connectivity index (χ2n) is 5.82. The molecule has 0 atom stereocenters. The number of rotatable bonds is 8. The van der Waals surface area contributed by atoms with Crippen molar-refractivity contribution >= 4 is 15.9 Å². The first kappa shape index (κ1) is 20.1. The summed E-state index contributed by atoms with van der Waals surface area (Å²) in [6.07, 6.45) is 0. The van der Waals surface area contributed by atoms with Gasteiger partial charge < -0.3 is 11.1 Å². The third-order valence-electron chi connectivity index (χ3n) is 4.17. The van der Waals surface area contributed by atoms with Gasteiger partial charge in [-0.25, -0.2) is 8.42 Å². The van der Waals surface area contributed by atoms with Crippen molar-refractivity contribution in [3.05, 3.63) is 65.2 Å². The molecule has 0 aromatic heterocycles. The van der Waals surface area contributed by atoms with E-state index in [9.17, 15) is 13.2 Å². The van der Waals surface area contributed by atoms with Crippen LogP contribution in [0.15, 0.2) is 53.4 Å². The third-order valence-corrected chi connectivity index (χ3v) is 6.24. The van der Waals surface area contributed by atoms with Gasteiger partial charge in [0.25, 0.3) is 5.91 Å². The lowest BCUT2D eigenvalue weighted by atomic mass is 10.1. The summed E-state index contributed by atoms with van der Waals surface area (Å²) < 4.78 is 26.3. The summed E-state index contributed by atoms with van der Waals surface area (Å²) in [5.74, 6) is -0.187. The van der Waals surface area contributed by atoms with E-state index in [-0.39, 0.29) is 10.8 Å². The second-order valence-corrected chi connectivity index (χ2v) is 7.75. The highest BCUT2D eigenvalue weighted by molar-refractivity contribution is 7.89. The number of amides is 1. The molecule has 0 aliphatic rings. The average Bonchev–Trinajstić information content (AvgIpc) is 2.67. The molecule has 0 heterocycles. The van der Waals surface area contributed by atoms with E-state index in [1.54, 1.807) is 36.4 Å². The van der Waals surface area contributed by atoms with Crippen molar-refractivity contribution in [1.29, 1.82) is 0 Å². The van der Waals surface area contributed by atoms with Crippen LogP contribution in [0.2, 0.25) is 0 Å². The lowest BCUT2D eigenvalue weighted by Crippen LogP contribution is -2.30. The summed E-state index contributed by atoms with van der Waals surface area (Å²) >= 11 is 0. The van der Waals surface area contributed by atoms with Gasteiger partial charge in [-0.3, -0.25) is 4.79 Å². The van der Waals surface area contributed by atoms with E-state index in [1.165, 1.54) is 4.31 Å². The lowest BCUT2D eigenvalue weighted by molar-refractivity contribution is 0.0951. The Morgan fingerprint density at radius 2 is 1.50 bits per heavy atom. The topological polar surface area (TPSA) is 92.5 Å². The molecule has 6 nitrogen and oxygen atoms in total. The maximum absolute atomic E-state index is 12.5. The number of nitrogens with one attached hydrogen (secondary N) is 1. The zero-order valence-corrected chi connectivity index (χ0v) is 15.9. The average molecular weight is 375 g/mol. The van der Waals surface area contributed by atoms with Crippen LogP contribution in [0.5, 0.6) is 0 Å². The van der Waals surface area contributed by atoms with Crippen molar-refractivity contribution in [3.8, 4) is 0 Å². The van der Waals surface area contributed by atoms with Gasteiger partial charge in [0.2, 0.25) is 10.0 Å². The van der Waals surface area contributed by atoms with E-state index in [2.05, 4.69) is 5.32 Å². The Bertz CT molecular complexity index is 827. The molecule has 0 aliphatic carbocycles. The Balaban J connectivity index is 2.01. The summed E-state index contributed by atoms with van der Waals surface area (Å²) in [5, 5.41) is 2.83. The first-order chi connectivity index (χ1) is 12.4. The molecular weight excluding hydrogens is 350 g/mol. The van der Waals surface area contributed by atoms with Crippen LogP contribution in [-0.2, 0) is 23.1 Å². The quantitative estimate of drug-likeness (QED) is 0.739. The molecule has 2 rings (SSSR count). The van der Waals surface area contributed by atoms with E-state index < -0.39 is 10.0 Å². The van der Waals surface area contributed by atoms with Gasteiger partial charge in [0.05, 0.1) is 4.90 Å². The van der Waals surface area contributed by atoms with Crippen molar-refractivity contribution < 1.29 is 13.2 Å². The number of hydrogen-bond acceptors (Lipinski definition) is 4. The van der Waals surface area contributed by atoms with E-state index in [1.807, 2.05) is 26.0 Å². The number of nitrogens with two attached hydrogens (primary N) is 1. The second kappa shape index (κ2) is 8.93. The van der Waals surface area contributed by atoms with Crippen molar-refractivity contribution in [3.63, 3.8) is 0 Å². The zero-order chi connectivity index (χ0) is 19.2. The van der Waals surface area contributed by atoms with Gasteiger partial charge in [-0.05, 0) is 35.4 Å². The molecular formula is C19H25N3O3S. The molecule has 7 heteroatoms. The fourth-order valence-electron chi connectivity index (χ4n) is 2.57. The number of nitrogens with zero attached hydrogens (tertiary/aromatic N) is 1. The fourth-order valence-corrected chi connectivity index (χ4v) is 4.03. The van der Waals surface area contributed by atoms with Crippen LogP contribution in [0, 0.1) is 0 Å². The van der Waals surface area contributed by atoms with Crippen LogP contribution in [0.3, 0.4) is 0 Å². The monoisotopic (exact) mass is 375 g/mol. The van der Waals surface area contributed by atoms with Crippen molar-refractivity contribution in [2.75, 3.05) is 13.1 Å². The Morgan fingerprint density at radius 3 is 2.00 bits per heavy atom. The van der Waals surface area contributed by atoms with Crippen molar-refractivity contribution in [2.45, 2.75) is 31.8 Å². The molecule has 26 heavy (non-hydrogen) atoms. The standard InChI is InChI=1S/C19H25N3O3S/c1-3-22(4-2)26(24,25)18-11-7-16(8-12-18)14-21-19(23)17-9-5-15(13-20)6-10-17/h5-12H,3-4,13-14,20H2,1-2H3,(H,21,23). The Kier molecular flexibility index (Phi) is 6.90. The van der Waals surface area contributed by atoms with Gasteiger partial charge in [-0.1, -0.05) is 38.1 Å².